The Morgan fingerprint density at radius 2 is 1.67 bits per heavy atom. The summed E-state index contributed by atoms with van der Waals surface area (Å²) in [5.74, 6) is 6.39. The summed E-state index contributed by atoms with van der Waals surface area (Å²) in [6.07, 6.45) is 6.16. The number of halogens is 1. The van der Waals surface area contributed by atoms with Crippen molar-refractivity contribution in [3.8, 4) is 11.8 Å². The average Bonchev–Trinajstić information content (AvgIpc) is 2.29. The predicted molar refractivity (Wildman–Crippen MR) is 70.2 cm³/mol. The molecule has 0 saturated carbocycles. The van der Waals surface area contributed by atoms with E-state index in [1.54, 1.807) is 0 Å². The molecule has 0 nitrogen and oxygen atoms in total. The molecule has 1 rings (SSSR count). The van der Waals surface area contributed by atoms with E-state index in [2.05, 4.69) is 39.9 Å². The number of hydrogen-bond donors (Lipinski definition) is 0. The van der Waals surface area contributed by atoms with Crippen molar-refractivity contribution in [3.63, 3.8) is 0 Å². The topological polar surface area (TPSA) is 0 Å². The van der Waals surface area contributed by atoms with Crippen molar-refractivity contribution in [2.75, 3.05) is 5.33 Å². The minimum atomic E-state index is 1.02. The molecule has 0 saturated heterocycles. The van der Waals surface area contributed by atoms with E-state index in [0.29, 0.717) is 0 Å². The summed E-state index contributed by atoms with van der Waals surface area (Å²) in [5, 5.41) is 1.13. The highest BCUT2D eigenvalue weighted by Crippen LogP contribution is 2.04. The fourth-order valence-electron chi connectivity index (χ4n) is 1.35. The molecule has 0 unspecified atom stereocenters. The molecule has 0 atom stereocenters. The summed E-state index contributed by atoms with van der Waals surface area (Å²) in [5.41, 5.74) is 1.12. The molecule has 0 fully saturated rings. The zero-order valence-corrected chi connectivity index (χ0v) is 10.6. The van der Waals surface area contributed by atoms with Gasteiger partial charge in [-0.1, -0.05) is 58.8 Å². The molecule has 0 radical (unpaired) electrons. The fourth-order valence-corrected chi connectivity index (χ4v) is 1.74. The van der Waals surface area contributed by atoms with E-state index in [-0.39, 0.29) is 0 Å². The predicted octanol–water partition coefficient (Wildman–Crippen LogP) is 4.38. The van der Waals surface area contributed by atoms with Crippen LogP contribution >= 0.6 is 15.9 Å². The minimum Gasteiger partial charge on any atom is -0.0979 e. The second-order valence-corrected chi connectivity index (χ2v) is 4.31. The molecular formula is C14H17Br. The van der Waals surface area contributed by atoms with Crippen LogP contribution in [0.1, 0.15) is 37.7 Å². The van der Waals surface area contributed by atoms with Crippen LogP contribution in [0.2, 0.25) is 0 Å². The van der Waals surface area contributed by atoms with Gasteiger partial charge in [0.1, 0.15) is 0 Å². The molecule has 0 amide bonds. The van der Waals surface area contributed by atoms with Gasteiger partial charge in [-0.2, -0.15) is 0 Å². The number of hydrogen-bond acceptors (Lipinski definition) is 0. The Morgan fingerprint density at radius 3 is 2.40 bits per heavy atom. The number of benzene rings is 1. The van der Waals surface area contributed by atoms with E-state index in [4.69, 9.17) is 0 Å². The minimum absolute atomic E-state index is 1.02. The van der Waals surface area contributed by atoms with Gasteiger partial charge in [-0.15, -0.1) is 0 Å². The molecule has 0 bridgehead atoms. The molecule has 0 N–H and O–H groups in total. The molecular weight excluding hydrogens is 248 g/mol. The van der Waals surface area contributed by atoms with Crippen molar-refractivity contribution in [3.05, 3.63) is 35.9 Å². The molecule has 0 aliphatic heterocycles. The zero-order chi connectivity index (χ0) is 10.8. The van der Waals surface area contributed by atoms with Crippen molar-refractivity contribution in [1.29, 1.82) is 0 Å². The largest absolute Gasteiger partial charge is 0.0979 e. The maximum Gasteiger partial charge on any atom is 0.0245 e. The lowest BCUT2D eigenvalue weighted by molar-refractivity contribution is 0.685. The lowest BCUT2D eigenvalue weighted by atomic mass is 10.1. The fraction of sp³-hybridized carbons (Fsp3) is 0.429. The average molecular weight is 265 g/mol. The molecule has 0 aromatic heterocycles. The first-order chi connectivity index (χ1) is 7.43. The van der Waals surface area contributed by atoms with E-state index >= 15 is 0 Å². The van der Waals surface area contributed by atoms with Crippen molar-refractivity contribution in [1.82, 2.24) is 0 Å². The van der Waals surface area contributed by atoms with E-state index in [1.165, 1.54) is 25.7 Å². The summed E-state index contributed by atoms with van der Waals surface area (Å²) in [6.45, 7) is 0. The third kappa shape index (κ3) is 6.36. The molecule has 0 aliphatic carbocycles. The van der Waals surface area contributed by atoms with Crippen molar-refractivity contribution >= 4 is 15.9 Å². The molecule has 1 aromatic rings. The van der Waals surface area contributed by atoms with Gasteiger partial charge in [0.2, 0.25) is 0 Å². The van der Waals surface area contributed by atoms with E-state index < -0.39 is 0 Å². The number of unbranched alkanes of at least 4 members (excludes halogenated alkanes) is 4. The van der Waals surface area contributed by atoms with Crippen LogP contribution in [0, 0.1) is 11.8 Å². The first-order valence-electron chi connectivity index (χ1n) is 5.53. The monoisotopic (exact) mass is 264 g/mol. The Labute approximate surface area is 101 Å². The normalized spacial score (nSPS) is 9.40. The van der Waals surface area contributed by atoms with E-state index in [1.807, 2.05) is 18.2 Å². The highest BCUT2D eigenvalue weighted by molar-refractivity contribution is 9.09. The third-order valence-electron chi connectivity index (χ3n) is 2.19. The standard InChI is InChI=1S/C14H17Br/c15-13-9-4-2-1-3-6-10-14-11-7-5-8-12-14/h5,7-8,11-12H,1-4,9,13H2. The van der Waals surface area contributed by atoms with Crippen molar-refractivity contribution < 1.29 is 0 Å². The molecule has 1 aromatic carbocycles. The molecule has 0 heterocycles. The molecule has 1 heteroatoms. The quantitative estimate of drug-likeness (QED) is 0.421. The molecule has 80 valence electrons. The molecule has 0 spiro atoms. The van der Waals surface area contributed by atoms with E-state index in [0.717, 1.165) is 17.3 Å². The van der Waals surface area contributed by atoms with Gasteiger partial charge in [0.25, 0.3) is 0 Å². The van der Waals surface area contributed by atoms with Crippen LogP contribution in [-0.2, 0) is 0 Å². The second kappa shape index (κ2) is 8.56. The molecule has 15 heavy (non-hydrogen) atoms. The van der Waals surface area contributed by atoms with Gasteiger partial charge in [0.05, 0.1) is 0 Å². The Balaban J connectivity index is 2.12. The van der Waals surface area contributed by atoms with Gasteiger partial charge in [0, 0.05) is 17.3 Å². The van der Waals surface area contributed by atoms with Gasteiger partial charge >= 0.3 is 0 Å². The van der Waals surface area contributed by atoms with Crippen LogP contribution in [0.3, 0.4) is 0 Å². The second-order valence-electron chi connectivity index (χ2n) is 3.52. The summed E-state index contributed by atoms with van der Waals surface area (Å²) in [4.78, 5) is 0. The Morgan fingerprint density at radius 1 is 0.933 bits per heavy atom. The van der Waals surface area contributed by atoms with Crippen LogP contribution in [0.4, 0.5) is 0 Å². The Hall–Kier alpha value is -0.740. The van der Waals surface area contributed by atoms with Gasteiger partial charge in [-0.25, -0.2) is 0 Å². The highest BCUT2D eigenvalue weighted by Gasteiger charge is 1.87. The Kier molecular flexibility index (Phi) is 7.04. The van der Waals surface area contributed by atoms with Crippen LogP contribution in [0.15, 0.2) is 30.3 Å². The van der Waals surface area contributed by atoms with Crippen LogP contribution in [0.25, 0.3) is 0 Å². The summed E-state index contributed by atoms with van der Waals surface area (Å²) >= 11 is 3.43. The zero-order valence-electron chi connectivity index (χ0n) is 9.01. The van der Waals surface area contributed by atoms with Gasteiger partial charge in [0.15, 0.2) is 0 Å². The first kappa shape index (κ1) is 12.3. The Bertz CT molecular complexity index is 305. The third-order valence-corrected chi connectivity index (χ3v) is 2.75. The highest BCUT2D eigenvalue weighted by atomic mass is 79.9. The molecule has 0 aliphatic rings. The summed E-state index contributed by atoms with van der Waals surface area (Å²) in [7, 11) is 0. The SMILES string of the molecule is BrCCCCCCC#Cc1ccccc1. The van der Waals surface area contributed by atoms with Gasteiger partial charge in [-0.3, -0.25) is 0 Å². The maximum atomic E-state index is 3.43. The number of alkyl halides is 1. The van der Waals surface area contributed by atoms with Crippen molar-refractivity contribution in [2.45, 2.75) is 32.1 Å². The van der Waals surface area contributed by atoms with E-state index in [9.17, 15) is 0 Å². The smallest absolute Gasteiger partial charge is 0.0245 e. The summed E-state index contributed by atoms with van der Waals surface area (Å²) in [6, 6.07) is 10.2. The van der Waals surface area contributed by atoms with Gasteiger partial charge < -0.3 is 0 Å². The van der Waals surface area contributed by atoms with Crippen LogP contribution in [-0.4, -0.2) is 5.33 Å². The lowest BCUT2D eigenvalue weighted by Crippen LogP contribution is -1.78. The van der Waals surface area contributed by atoms with Crippen LogP contribution < -0.4 is 0 Å². The van der Waals surface area contributed by atoms with Gasteiger partial charge in [-0.05, 0) is 25.0 Å². The number of rotatable bonds is 5. The first-order valence-corrected chi connectivity index (χ1v) is 6.65. The van der Waals surface area contributed by atoms with Crippen molar-refractivity contribution in [2.24, 2.45) is 0 Å². The maximum absolute atomic E-state index is 3.43. The van der Waals surface area contributed by atoms with Crippen LogP contribution in [0.5, 0.6) is 0 Å². The summed E-state index contributed by atoms with van der Waals surface area (Å²) < 4.78 is 0. The lowest BCUT2D eigenvalue weighted by Gasteiger charge is -1.94.